The van der Waals surface area contributed by atoms with Crippen molar-refractivity contribution in [2.45, 2.75) is 20.4 Å². The van der Waals surface area contributed by atoms with Gasteiger partial charge in [0.25, 0.3) is 0 Å². The summed E-state index contributed by atoms with van der Waals surface area (Å²) in [6.45, 7) is 4.41. The van der Waals surface area contributed by atoms with E-state index in [9.17, 15) is 4.79 Å². The fourth-order valence-corrected chi connectivity index (χ4v) is 1.55. The van der Waals surface area contributed by atoms with Crippen molar-refractivity contribution >= 4 is 5.78 Å². The molecule has 0 spiro atoms. The standard InChI is InChI=1S/C13H14N2O/c1-10-3-4-12(7-11(10)2)13(16)8-15-6-5-14-9-15/h3-7,9H,8H2,1-2H3. The van der Waals surface area contributed by atoms with Gasteiger partial charge in [-0.1, -0.05) is 12.1 Å². The van der Waals surface area contributed by atoms with Gasteiger partial charge in [0, 0.05) is 18.0 Å². The summed E-state index contributed by atoms with van der Waals surface area (Å²) in [5, 5.41) is 0. The molecule has 0 unspecified atom stereocenters. The van der Waals surface area contributed by atoms with Gasteiger partial charge in [0.2, 0.25) is 0 Å². The number of nitrogens with zero attached hydrogens (tertiary/aromatic N) is 2. The Bertz CT molecular complexity index is 501. The molecule has 1 aromatic carbocycles. The molecular formula is C13H14N2O. The molecule has 0 aliphatic heterocycles. The SMILES string of the molecule is Cc1ccc(C(=O)Cn2ccnc2)cc1C. The Morgan fingerprint density at radius 3 is 2.75 bits per heavy atom. The Morgan fingerprint density at radius 2 is 2.12 bits per heavy atom. The monoisotopic (exact) mass is 214 g/mol. The lowest BCUT2D eigenvalue weighted by Crippen LogP contribution is -2.09. The van der Waals surface area contributed by atoms with E-state index in [4.69, 9.17) is 0 Å². The van der Waals surface area contributed by atoms with Gasteiger partial charge in [0.15, 0.2) is 5.78 Å². The highest BCUT2D eigenvalue weighted by molar-refractivity contribution is 5.96. The van der Waals surface area contributed by atoms with E-state index in [0.29, 0.717) is 6.54 Å². The molecule has 2 rings (SSSR count). The van der Waals surface area contributed by atoms with Crippen LogP contribution in [0.3, 0.4) is 0 Å². The third-order valence-corrected chi connectivity index (χ3v) is 2.71. The van der Waals surface area contributed by atoms with Gasteiger partial charge in [-0.25, -0.2) is 4.98 Å². The minimum Gasteiger partial charge on any atom is -0.330 e. The summed E-state index contributed by atoms with van der Waals surface area (Å²) in [6.07, 6.45) is 5.12. The Labute approximate surface area is 94.7 Å². The number of aryl methyl sites for hydroxylation is 2. The van der Waals surface area contributed by atoms with Crippen LogP contribution in [0.15, 0.2) is 36.9 Å². The van der Waals surface area contributed by atoms with Gasteiger partial charge < -0.3 is 4.57 Å². The van der Waals surface area contributed by atoms with Crippen molar-refractivity contribution in [2.24, 2.45) is 0 Å². The van der Waals surface area contributed by atoms with Crippen molar-refractivity contribution in [1.82, 2.24) is 9.55 Å². The van der Waals surface area contributed by atoms with E-state index in [0.717, 1.165) is 11.1 Å². The van der Waals surface area contributed by atoms with Crippen LogP contribution in [0.5, 0.6) is 0 Å². The van der Waals surface area contributed by atoms with Crippen LogP contribution in [0, 0.1) is 13.8 Å². The number of carbonyl (C=O) groups is 1. The van der Waals surface area contributed by atoms with Crippen LogP contribution >= 0.6 is 0 Å². The molecule has 0 bridgehead atoms. The maximum atomic E-state index is 11.9. The van der Waals surface area contributed by atoms with E-state index in [1.54, 1.807) is 23.3 Å². The lowest BCUT2D eigenvalue weighted by Gasteiger charge is -2.05. The van der Waals surface area contributed by atoms with Gasteiger partial charge in [-0.15, -0.1) is 0 Å². The van der Waals surface area contributed by atoms with Gasteiger partial charge in [-0.05, 0) is 31.0 Å². The molecule has 0 amide bonds. The summed E-state index contributed by atoms with van der Waals surface area (Å²) >= 11 is 0. The summed E-state index contributed by atoms with van der Waals surface area (Å²) in [5.41, 5.74) is 3.12. The Morgan fingerprint density at radius 1 is 1.31 bits per heavy atom. The number of hydrogen-bond acceptors (Lipinski definition) is 2. The van der Waals surface area contributed by atoms with Crippen molar-refractivity contribution in [2.75, 3.05) is 0 Å². The van der Waals surface area contributed by atoms with E-state index in [1.807, 2.05) is 32.0 Å². The average molecular weight is 214 g/mol. The quantitative estimate of drug-likeness (QED) is 0.735. The van der Waals surface area contributed by atoms with Crippen LogP contribution < -0.4 is 0 Å². The minimum absolute atomic E-state index is 0.112. The number of carbonyl (C=O) groups excluding carboxylic acids is 1. The highest BCUT2D eigenvalue weighted by Crippen LogP contribution is 2.11. The second-order valence-electron chi connectivity index (χ2n) is 3.96. The first-order chi connectivity index (χ1) is 7.66. The molecule has 3 nitrogen and oxygen atoms in total. The van der Waals surface area contributed by atoms with Crippen LogP contribution in [0.1, 0.15) is 21.5 Å². The highest BCUT2D eigenvalue weighted by atomic mass is 16.1. The lowest BCUT2D eigenvalue weighted by molar-refractivity contribution is 0.0972. The molecule has 3 heteroatoms. The van der Waals surface area contributed by atoms with E-state index >= 15 is 0 Å². The molecule has 0 fully saturated rings. The molecular weight excluding hydrogens is 200 g/mol. The normalized spacial score (nSPS) is 10.4. The highest BCUT2D eigenvalue weighted by Gasteiger charge is 2.07. The third kappa shape index (κ3) is 2.19. The number of ketones is 1. The van der Waals surface area contributed by atoms with Crippen molar-refractivity contribution in [1.29, 1.82) is 0 Å². The van der Waals surface area contributed by atoms with Gasteiger partial charge in [-0.3, -0.25) is 4.79 Å². The Hall–Kier alpha value is -1.90. The van der Waals surface area contributed by atoms with E-state index in [1.165, 1.54) is 5.56 Å². The number of hydrogen-bond donors (Lipinski definition) is 0. The maximum absolute atomic E-state index is 11.9. The van der Waals surface area contributed by atoms with E-state index in [2.05, 4.69) is 4.98 Å². The largest absolute Gasteiger partial charge is 0.330 e. The molecule has 0 atom stereocenters. The van der Waals surface area contributed by atoms with Gasteiger partial charge in [0.1, 0.15) is 0 Å². The zero-order valence-corrected chi connectivity index (χ0v) is 9.47. The summed E-state index contributed by atoms with van der Waals surface area (Å²) < 4.78 is 1.78. The Balaban J connectivity index is 2.18. The van der Waals surface area contributed by atoms with Crippen LogP contribution in [-0.2, 0) is 6.54 Å². The topological polar surface area (TPSA) is 34.9 Å². The summed E-state index contributed by atoms with van der Waals surface area (Å²) in [7, 11) is 0. The van der Waals surface area contributed by atoms with Gasteiger partial charge >= 0.3 is 0 Å². The number of imidazole rings is 1. The molecule has 82 valence electrons. The second-order valence-corrected chi connectivity index (χ2v) is 3.96. The van der Waals surface area contributed by atoms with Crippen molar-refractivity contribution in [3.8, 4) is 0 Å². The van der Waals surface area contributed by atoms with Gasteiger partial charge in [0.05, 0.1) is 12.9 Å². The second kappa shape index (κ2) is 4.31. The molecule has 0 aliphatic rings. The zero-order chi connectivity index (χ0) is 11.5. The molecule has 0 saturated heterocycles. The first-order valence-corrected chi connectivity index (χ1v) is 5.23. The minimum atomic E-state index is 0.112. The van der Waals surface area contributed by atoms with Crippen LogP contribution in [0.4, 0.5) is 0 Å². The third-order valence-electron chi connectivity index (χ3n) is 2.71. The molecule has 16 heavy (non-hydrogen) atoms. The van der Waals surface area contributed by atoms with E-state index in [-0.39, 0.29) is 5.78 Å². The summed E-state index contributed by atoms with van der Waals surface area (Å²) in [6, 6.07) is 5.80. The molecule has 0 aliphatic carbocycles. The summed E-state index contributed by atoms with van der Waals surface area (Å²) in [4.78, 5) is 15.8. The maximum Gasteiger partial charge on any atom is 0.182 e. The summed E-state index contributed by atoms with van der Waals surface area (Å²) in [5.74, 6) is 0.112. The lowest BCUT2D eigenvalue weighted by atomic mass is 10.0. The average Bonchev–Trinajstić information content (AvgIpc) is 2.74. The predicted octanol–water partition coefficient (Wildman–Crippen LogP) is 2.38. The number of aromatic nitrogens is 2. The van der Waals surface area contributed by atoms with Gasteiger partial charge in [-0.2, -0.15) is 0 Å². The van der Waals surface area contributed by atoms with Crippen LogP contribution in [-0.4, -0.2) is 15.3 Å². The molecule has 1 aromatic heterocycles. The number of rotatable bonds is 3. The molecule has 0 radical (unpaired) electrons. The molecule has 0 saturated carbocycles. The molecule has 0 N–H and O–H groups in total. The number of Topliss-reactive ketones (excluding diaryl/α,β-unsaturated/α-hetero) is 1. The zero-order valence-electron chi connectivity index (χ0n) is 9.47. The molecule has 1 heterocycles. The number of benzene rings is 1. The fraction of sp³-hybridized carbons (Fsp3) is 0.231. The molecule has 2 aromatic rings. The first kappa shape index (κ1) is 10.6. The van der Waals surface area contributed by atoms with E-state index < -0.39 is 0 Å². The van der Waals surface area contributed by atoms with Crippen molar-refractivity contribution in [3.05, 3.63) is 53.6 Å². The van der Waals surface area contributed by atoms with Crippen LogP contribution in [0.2, 0.25) is 0 Å². The fourth-order valence-electron chi connectivity index (χ4n) is 1.55. The van der Waals surface area contributed by atoms with Crippen LogP contribution in [0.25, 0.3) is 0 Å². The predicted molar refractivity (Wildman–Crippen MR) is 62.5 cm³/mol. The first-order valence-electron chi connectivity index (χ1n) is 5.23. The van der Waals surface area contributed by atoms with Crippen molar-refractivity contribution in [3.63, 3.8) is 0 Å². The smallest absolute Gasteiger partial charge is 0.182 e. The Kier molecular flexibility index (Phi) is 2.86. The van der Waals surface area contributed by atoms with Crippen molar-refractivity contribution < 1.29 is 4.79 Å².